The summed E-state index contributed by atoms with van der Waals surface area (Å²) in [6.45, 7) is 3.54. The van der Waals surface area contributed by atoms with E-state index in [1.807, 2.05) is 0 Å². The maximum atomic E-state index is 13.6. The number of thiocarbonyl (C=S) groups is 1. The van der Waals surface area contributed by atoms with Gasteiger partial charge in [-0.25, -0.2) is 12.8 Å². The minimum absolute atomic E-state index is 0.0532. The highest BCUT2D eigenvalue weighted by molar-refractivity contribution is 7.89. The van der Waals surface area contributed by atoms with Crippen LogP contribution in [-0.2, 0) is 10.0 Å². The minimum atomic E-state index is -4.01. The maximum absolute atomic E-state index is 13.6. The summed E-state index contributed by atoms with van der Waals surface area (Å²) in [5.41, 5.74) is 4.60. The van der Waals surface area contributed by atoms with Gasteiger partial charge in [-0.1, -0.05) is 38.2 Å². The van der Waals surface area contributed by atoms with E-state index in [1.165, 1.54) is 18.2 Å². The summed E-state index contributed by atoms with van der Waals surface area (Å²) < 4.78 is 40.5. The van der Waals surface area contributed by atoms with Gasteiger partial charge < -0.3 is 5.73 Å². The highest BCUT2D eigenvalue weighted by Crippen LogP contribution is 2.21. The van der Waals surface area contributed by atoms with Crippen LogP contribution in [0.25, 0.3) is 0 Å². The highest BCUT2D eigenvalue weighted by Gasteiger charge is 2.35. The lowest BCUT2D eigenvalue weighted by atomic mass is 9.94. The molecular weight excluding hydrogens is 287 g/mol. The van der Waals surface area contributed by atoms with Gasteiger partial charge in [-0.3, -0.25) is 0 Å². The molecule has 0 saturated carbocycles. The predicted molar refractivity (Wildman–Crippen MR) is 76.8 cm³/mol. The van der Waals surface area contributed by atoms with Crippen LogP contribution >= 0.6 is 12.2 Å². The Hall–Kier alpha value is -1.05. The van der Waals surface area contributed by atoms with Crippen LogP contribution in [0.1, 0.15) is 26.7 Å². The van der Waals surface area contributed by atoms with E-state index in [1.54, 1.807) is 13.8 Å². The van der Waals surface area contributed by atoms with E-state index in [0.29, 0.717) is 12.8 Å². The Kier molecular flexibility index (Phi) is 5.00. The van der Waals surface area contributed by atoms with Crippen LogP contribution in [0, 0.1) is 5.82 Å². The van der Waals surface area contributed by atoms with E-state index < -0.39 is 26.3 Å². The Labute approximate surface area is 118 Å². The standard InChI is InChI=1S/C12H17FN2O2S2/c1-3-12(4-2,11(14)18)15-19(16,17)10-8-6-5-7-9(10)13/h5-8,15H,3-4H2,1-2H3,(H2,14,18). The lowest BCUT2D eigenvalue weighted by molar-refractivity contribution is 0.462. The number of nitrogens with one attached hydrogen (secondary N) is 1. The van der Waals surface area contributed by atoms with Crippen LogP contribution in [0.4, 0.5) is 4.39 Å². The van der Waals surface area contributed by atoms with Gasteiger partial charge in [0.15, 0.2) is 0 Å². The van der Waals surface area contributed by atoms with Gasteiger partial charge in [-0.15, -0.1) is 0 Å². The van der Waals surface area contributed by atoms with Crippen molar-refractivity contribution in [3.63, 3.8) is 0 Å². The molecule has 0 atom stereocenters. The molecule has 0 unspecified atom stereocenters. The van der Waals surface area contributed by atoms with E-state index >= 15 is 0 Å². The molecule has 106 valence electrons. The molecule has 0 spiro atoms. The van der Waals surface area contributed by atoms with E-state index in [4.69, 9.17) is 18.0 Å². The average Bonchev–Trinajstić information content (AvgIpc) is 2.36. The maximum Gasteiger partial charge on any atom is 0.244 e. The normalized spacial score (nSPS) is 12.4. The first-order chi connectivity index (χ1) is 8.79. The van der Waals surface area contributed by atoms with E-state index in [0.717, 1.165) is 6.07 Å². The van der Waals surface area contributed by atoms with Gasteiger partial charge in [0.05, 0.1) is 10.5 Å². The Morgan fingerprint density at radius 3 is 2.32 bits per heavy atom. The Bertz CT molecular complexity index is 569. The van der Waals surface area contributed by atoms with E-state index in [9.17, 15) is 12.8 Å². The topological polar surface area (TPSA) is 72.2 Å². The van der Waals surface area contributed by atoms with Gasteiger partial charge in [0.1, 0.15) is 10.7 Å². The van der Waals surface area contributed by atoms with Crippen molar-refractivity contribution in [2.45, 2.75) is 37.1 Å². The van der Waals surface area contributed by atoms with Crippen LogP contribution in [0.3, 0.4) is 0 Å². The van der Waals surface area contributed by atoms with Crippen molar-refractivity contribution in [2.24, 2.45) is 5.73 Å². The van der Waals surface area contributed by atoms with Crippen molar-refractivity contribution in [3.05, 3.63) is 30.1 Å². The Balaban J connectivity index is 3.23. The van der Waals surface area contributed by atoms with Gasteiger partial charge in [0.2, 0.25) is 10.0 Å². The highest BCUT2D eigenvalue weighted by atomic mass is 32.2. The number of sulfonamides is 1. The van der Waals surface area contributed by atoms with Crippen LogP contribution in [0.15, 0.2) is 29.2 Å². The third kappa shape index (κ3) is 3.29. The predicted octanol–water partition coefficient (Wildman–Crippen LogP) is 1.95. The molecule has 0 bridgehead atoms. The van der Waals surface area contributed by atoms with Crippen molar-refractivity contribution >= 4 is 27.2 Å². The summed E-state index contributed by atoms with van der Waals surface area (Å²) in [5.74, 6) is -0.806. The molecule has 1 aromatic rings. The quantitative estimate of drug-likeness (QED) is 0.788. The van der Waals surface area contributed by atoms with Crippen molar-refractivity contribution in [2.75, 3.05) is 0 Å². The van der Waals surface area contributed by atoms with Gasteiger partial charge in [0, 0.05) is 0 Å². The van der Waals surface area contributed by atoms with Crippen LogP contribution in [0.2, 0.25) is 0 Å². The number of hydrogen-bond acceptors (Lipinski definition) is 3. The van der Waals surface area contributed by atoms with Gasteiger partial charge in [-0.05, 0) is 25.0 Å². The summed E-state index contributed by atoms with van der Waals surface area (Å²) in [6, 6.07) is 5.18. The summed E-state index contributed by atoms with van der Waals surface area (Å²) in [5, 5.41) is 0. The van der Waals surface area contributed by atoms with Crippen LogP contribution in [0.5, 0.6) is 0 Å². The third-order valence-corrected chi connectivity index (χ3v) is 5.09. The third-order valence-electron chi connectivity index (χ3n) is 3.13. The minimum Gasteiger partial charge on any atom is -0.392 e. The molecule has 0 aliphatic rings. The second-order valence-electron chi connectivity index (χ2n) is 4.19. The number of nitrogens with two attached hydrogens (primary N) is 1. The summed E-state index contributed by atoms with van der Waals surface area (Å²) in [4.78, 5) is -0.352. The lowest BCUT2D eigenvalue weighted by Gasteiger charge is -2.31. The van der Waals surface area contributed by atoms with Gasteiger partial charge in [-0.2, -0.15) is 4.72 Å². The molecule has 7 heteroatoms. The zero-order chi connectivity index (χ0) is 14.7. The second-order valence-corrected chi connectivity index (χ2v) is 6.28. The number of halogens is 1. The zero-order valence-corrected chi connectivity index (χ0v) is 12.4. The van der Waals surface area contributed by atoms with Gasteiger partial charge in [0.25, 0.3) is 0 Å². The molecule has 0 amide bonds. The smallest absolute Gasteiger partial charge is 0.244 e. The van der Waals surface area contributed by atoms with Crippen molar-refractivity contribution < 1.29 is 12.8 Å². The SMILES string of the molecule is CCC(CC)(NS(=O)(=O)c1ccccc1F)C(N)=S. The van der Waals surface area contributed by atoms with E-state index in [2.05, 4.69) is 4.72 Å². The molecule has 0 aromatic heterocycles. The van der Waals surface area contributed by atoms with Crippen molar-refractivity contribution in [3.8, 4) is 0 Å². The molecule has 0 fully saturated rings. The molecular formula is C12H17FN2O2S2. The first-order valence-electron chi connectivity index (χ1n) is 5.87. The molecule has 0 aliphatic carbocycles. The fourth-order valence-corrected chi connectivity index (χ4v) is 3.78. The molecule has 1 aromatic carbocycles. The van der Waals surface area contributed by atoms with Crippen molar-refractivity contribution in [1.82, 2.24) is 4.72 Å². The monoisotopic (exact) mass is 304 g/mol. The molecule has 0 radical (unpaired) electrons. The fraction of sp³-hybridized carbons (Fsp3) is 0.417. The van der Waals surface area contributed by atoms with Crippen LogP contribution < -0.4 is 10.5 Å². The number of rotatable bonds is 6. The number of benzene rings is 1. The molecule has 4 nitrogen and oxygen atoms in total. The van der Waals surface area contributed by atoms with Crippen LogP contribution in [-0.4, -0.2) is 18.9 Å². The largest absolute Gasteiger partial charge is 0.392 e. The van der Waals surface area contributed by atoms with Gasteiger partial charge >= 0.3 is 0 Å². The number of hydrogen-bond donors (Lipinski definition) is 2. The van der Waals surface area contributed by atoms with E-state index in [-0.39, 0.29) is 4.99 Å². The fourth-order valence-electron chi connectivity index (χ4n) is 1.77. The second kappa shape index (κ2) is 5.94. The molecule has 19 heavy (non-hydrogen) atoms. The summed E-state index contributed by atoms with van der Waals surface area (Å²) in [6.07, 6.45) is 0.791. The molecule has 0 saturated heterocycles. The Morgan fingerprint density at radius 2 is 1.89 bits per heavy atom. The molecule has 0 heterocycles. The first-order valence-corrected chi connectivity index (χ1v) is 7.76. The van der Waals surface area contributed by atoms with Crippen molar-refractivity contribution in [1.29, 1.82) is 0 Å². The molecule has 1 rings (SSSR count). The average molecular weight is 304 g/mol. The molecule has 3 N–H and O–H groups in total. The summed E-state index contributed by atoms with van der Waals surface area (Å²) >= 11 is 4.94. The first kappa shape index (κ1) is 16.0. The Morgan fingerprint density at radius 1 is 1.37 bits per heavy atom. The lowest BCUT2D eigenvalue weighted by Crippen LogP contribution is -2.55. The molecule has 0 aliphatic heterocycles. The zero-order valence-electron chi connectivity index (χ0n) is 10.8. The summed E-state index contributed by atoms with van der Waals surface area (Å²) in [7, 11) is -4.01.